The molecule has 0 aliphatic heterocycles. The lowest BCUT2D eigenvalue weighted by Gasteiger charge is -2.20. The predicted molar refractivity (Wildman–Crippen MR) is 304 cm³/mol. The molecular weight excluding hydrogens is 917 g/mol. The van der Waals surface area contributed by atoms with Gasteiger partial charge in [0.05, 0.1) is 26.4 Å². The zero-order chi connectivity index (χ0) is 53.2. The SMILES string of the molecule is CCCCCCCCCCCCCCCCCC(=O)OCC(O)COCC(O)COCC(COC(=O)CCCCCCCCCCCCCCCCC)OC(=O)CCCCCCCCCCCCCCCCC. The smallest absolute Gasteiger partial charge is 0.306 e. The van der Waals surface area contributed by atoms with Gasteiger partial charge < -0.3 is 33.9 Å². The van der Waals surface area contributed by atoms with E-state index in [-0.39, 0.29) is 57.5 Å². The van der Waals surface area contributed by atoms with E-state index in [1.807, 2.05) is 0 Å². The molecule has 0 saturated carbocycles. The van der Waals surface area contributed by atoms with E-state index in [1.54, 1.807) is 0 Å². The number of carbonyl (C=O) groups is 3. The fourth-order valence-corrected chi connectivity index (χ4v) is 9.57. The van der Waals surface area contributed by atoms with Crippen LogP contribution >= 0.6 is 0 Å². The largest absolute Gasteiger partial charge is 0.463 e. The second kappa shape index (κ2) is 59.5. The lowest BCUT2D eigenvalue weighted by Crippen LogP contribution is -2.32. The molecule has 0 fully saturated rings. The van der Waals surface area contributed by atoms with E-state index < -0.39 is 18.3 Å². The highest BCUT2D eigenvalue weighted by Crippen LogP contribution is 2.18. The van der Waals surface area contributed by atoms with Gasteiger partial charge in [-0.1, -0.05) is 290 Å². The van der Waals surface area contributed by atoms with Gasteiger partial charge in [-0.15, -0.1) is 0 Å². The first-order valence-electron chi connectivity index (χ1n) is 31.8. The molecule has 0 aliphatic rings. The Morgan fingerprint density at radius 2 is 0.493 bits per heavy atom. The van der Waals surface area contributed by atoms with Crippen molar-refractivity contribution in [2.24, 2.45) is 0 Å². The molecule has 2 N–H and O–H groups in total. The molecule has 10 heteroatoms. The molecule has 0 bridgehead atoms. The number of unbranched alkanes of at least 4 members (excludes halogenated alkanes) is 42. The first-order chi connectivity index (χ1) is 35.8. The van der Waals surface area contributed by atoms with E-state index >= 15 is 0 Å². The average molecular weight is 1040 g/mol. The zero-order valence-electron chi connectivity index (χ0n) is 48.6. The molecule has 0 rings (SSSR count). The van der Waals surface area contributed by atoms with E-state index in [2.05, 4.69) is 20.8 Å². The lowest BCUT2D eigenvalue weighted by molar-refractivity contribution is -0.164. The monoisotopic (exact) mass is 1040 g/mol. The number of ether oxygens (including phenoxy) is 5. The van der Waals surface area contributed by atoms with Gasteiger partial charge in [0.1, 0.15) is 25.4 Å². The van der Waals surface area contributed by atoms with Crippen molar-refractivity contribution in [2.75, 3.05) is 39.6 Å². The summed E-state index contributed by atoms with van der Waals surface area (Å²) in [5.41, 5.74) is 0. The van der Waals surface area contributed by atoms with Gasteiger partial charge in [0.25, 0.3) is 0 Å². The van der Waals surface area contributed by atoms with Gasteiger partial charge in [-0.25, -0.2) is 0 Å². The van der Waals surface area contributed by atoms with E-state index in [0.29, 0.717) is 19.3 Å². The molecule has 0 heterocycles. The number of aliphatic hydroxyl groups excluding tert-OH is 2. The second-order valence-electron chi connectivity index (χ2n) is 22.0. The summed E-state index contributed by atoms with van der Waals surface area (Å²) in [6.45, 7) is 6.22. The van der Waals surface area contributed by atoms with Crippen LogP contribution in [-0.2, 0) is 38.1 Å². The molecule has 0 aliphatic carbocycles. The van der Waals surface area contributed by atoms with Crippen molar-refractivity contribution in [3.8, 4) is 0 Å². The Kier molecular flexibility index (Phi) is 58.1. The number of esters is 3. The Hall–Kier alpha value is -1.75. The van der Waals surface area contributed by atoms with Crippen LogP contribution in [0.3, 0.4) is 0 Å². The van der Waals surface area contributed by atoms with Crippen molar-refractivity contribution in [2.45, 2.75) is 347 Å². The van der Waals surface area contributed by atoms with Crippen LogP contribution < -0.4 is 0 Å². The van der Waals surface area contributed by atoms with Crippen molar-refractivity contribution in [3.05, 3.63) is 0 Å². The van der Waals surface area contributed by atoms with E-state index in [4.69, 9.17) is 23.7 Å². The standard InChI is InChI=1S/C63H122O10/c1-4-7-10-13-16-19-22-25-28-31-34-37-40-43-46-49-61(66)71-55-59(65)54-69-52-58(64)53-70-56-60(73-63(68)51-48-45-42-39-36-33-30-27-24-21-18-15-12-9-6-3)57-72-62(67)50-47-44-41-38-35-32-29-26-23-20-17-14-11-8-5-2/h58-60,64-65H,4-57H2,1-3H3. The van der Waals surface area contributed by atoms with E-state index in [0.717, 1.165) is 57.8 Å². The van der Waals surface area contributed by atoms with Crippen molar-refractivity contribution < 1.29 is 48.3 Å². The van der Waals surface area contributed by atoms with Gasteiger partial charge in [-0.2, -0.15) is 0 Å². The van der Waals surface area contributed by atoms with Gasteiger partial charge in [0.15, 0.2) is 6.10 Å². The van der Waals surface area contributed by atoms with Crippen molar-refractivity contribution in [1.82, 2.24) is 0 Å². The van der Waals surface area contributed by atoms with Crippen LogP contribution in [0.15, 0.2) is 0 Å². The van der Waals surface area contributed by atoms with Crippen molar-refractivity contribution >= 4 is 17.9 Å². The maximum Gasteiger partial charge on any atom is 0.306 e. The molecule has 73 heavy (non-hydrogen) atoms. The number of aliphatic hydroxyl groups is 2. The maximum atomic E-state index is 12.9. The summed E-state index contributed by atoms with van der Waals surface area (Å²) < 4.78 is 27.8. The summed E-state index contributed by atoms with van der Waals surface area (Å²) in [6, 6.07) is 0. The van der Waals surface area contributed by atoms with Gasteiger partial charge in [-0.05, 0) is 19.3 Å². The molecule has 434 valence electrons. The summed E-state index contributed by atoms with van der Waals surface area (Å²) in [4.78, 5) is 37.8. The fraction of sp³-hybridized carbons (Fsp3) is 0.952. The van der Waals surface area contributed by atoms with Crippen LogP contribution in [0, 0.1) is 0 Å². The highest BCUT2D eigenvalue weighted by atomic mass is 16.6. The molecule has 0 aromatic carbocycles. The van der Waals surface area contributed by atoms with E-state index in [9.17, 15) is 24.6 Å². The third-order valence-electron chi connectivity index (χ3n) is 14.4. The Morgan fingerprint density at radius 3 is 0.781 bits per heavy atom. The molecule has 0 aromatic rings. The molecule has 0 amide bonds. The number of hydrogen-bond acceptors (Lipinski definition) is 10. The number of carbonyl (C=O) groups excluding carboxylic acids is 3. The summed E-state index contributed by atoms with van der Waals surface area (Å²) >= 11 is 0. The van der Waals surface area contributed by atoms with Gasteiger partial charge >= 0.3 is 17.9 Å². The normalized spacial score (nSPS) is 12.8. The van der Waals surface area contributed by atoms with Gasteiger partial charge in [0.2, 0.25) is 0 Å². The number of hydrogen-bond donors (Lipinski definition) is 2. The minimum atomic E-state index is -1.00. The third kappa shape index (κ3) is 57.8. The summed E-state index contributed by atoms with van der Waals surface area (Å²) in [5.74, 6) is -0.959. The summed E-state index contributed by atoms with van der Waals surface area (Å²) in [6.07, 6.45) is 54.9. The molecule has 0 saturated heterocycles. The van der Waals surface area contributed by atoms with Crippen LogP contribution in [-0.4, -0.2) is 86.1 Å². The predicted octanol–water partition coefficient (Wildman–Crippen LogP) is 17.5. The van der Waals surface area contributed by atoms with Crippen LogP contribution in [0.4, 0.5) is 0 Å². The van der Waals surface area contributed by atoms with Crippen LogP contribution in [0.2, 0.25) is 0 Å². The zero-order valence-corrected chi connectivity index (χ0v) is 48.6. The Bertz CT molecular complexity index is 1140. The quantitative estimate of drug-likeness (QED) is 0.0344. The minimum Gasteiger partial charge on any atom is -0.463 e. The Morgan fingerprint density at radius 1 is 0.274 bits per heavy atom. The highest BCUT2D eigenvalue weighted by Gasteiger charge is 2.19. The third-order valence-corrected chi connectivity index (χ3v) is 14.4. The van der Waals surface area contributed by atoms with E-state index in [1.165, 1.54) is 231 Å². The first-order valence-corrected chi connectivity index (χ1v) is 31.8. The fourth-order valence-electron chi connectivity index (χ4n) is 9.57. The lowest BCUT2D eigenvalue weighted by atomic mass is 10.0. The Balaban J connectivity index is 4.37. The summed E-state index contributed by atoms with van der Waals surface area (Å²) in [7, 11) is 0. The molecule has 3 unspecified atom stereocenters. The van der Waals surface area contributed by atoms with Crippen LogP contribution in [0.1, 0.15) is 329 Å². The highest BCUT2D eigenvalue weighted by molar-refractivity contribution is 5.70. The van der Waals surface area contributed by atoms with Crippen LogP contribution in [0.25, 0.3) is 0 Å². The van der Waals surface area contributed by atoms with Gasteiger partial charge in [-0.3, -0.25) is 14.4 Å². The maximum absolute atomic E-state index is 12.9. The van der Waals surface area contributed by atoms with Crippen molar-refractivity contribution in [1.29, 1.82) is 0 Å². The van der Waals surface area contributed by atoms with Crippen LogP contribution in [0.5, 0.6) is 0 Å². The summed E-state index contributed by atoms with van der Waals surface area (Å²) in [5, 5.41) is 20.8. The second-order valence-corrected chi connectivity index (χ2v) is 22.0. The molecule has 0 spiro atoms. The Labute approximate surface area is 451 Å². The first kappa shape index (κ1) is 71.2. The molecular formula is C63H122O10. The van der Waals surface area contributed by atoms with Gasteiger partial charge in [0, 0.05) is 19.3 Å². The topological polar surface area (TPSA) is 138 Å². The molecule has 3 atom stereocenters. The molecule has 10 nitrogen and oxygen atoms in total. The van der Waals surface area contributed by atoms with Crippen molar-refractivity contribution in [3.63, 3.8) is 0 Å². The minimum absolute atomic E-state index is 0.0359. The molecule has 0 radical (unpaired) electrons. The average Bonchev–Trinajstić information content (AvgIpc) is 3.38. The molecule has 0 aromatic heterocycles. The number of rotatable bonds is 61.